The molecule has 0 spiro atoms. The molecule has 0 aliphatic rings. The molecule has 0 radical (unpaired) electrons. The Morgan fingerprint density at radius 3 is 3.12 bits per heavy atom. The van der Waals surface area contributed by atoms with Crippen molar-refractivity contribution in [3.63, 3.8) is 0 Å². The van der Waals surface area contributed by atoms with Crippen LogP contribution in [0.5, 0.6) is 0 Å². The lowest BCUT2D eigenvalue weighted by Crippen LogP contribution is -1.88. The standard InChI is InChI=1S/C8H4N4OS3/c13-3-5-6(16-8-11-9-4-15-8)10-7-12(5)1-2-14-7/h1-4H. The second kappa shape index (κ2) is 3.96. The van der Waals surface area contributed by atoms with Gasteiger partial charge in [-0.05, 0) is 11.8 Å². The molecule has 16 heavy (non-hydrogen) atoms. The molecular formula is C8H4N4OS3. The van der Waals surface area contributed by atoms with Gasteiger partial charge in [-0.2, -0.15) is 0 Å². The average molecular weight is 268 g/mol. The Hall–Kier alpha value is -1.25. The summed E-state index contributed by atoms with van der Waals surface area (Å²) in [5.74, 6) is 0. The summed E-state index contributed by atoms with van der Waals surface area (Å²) < 4.78 is 2.56. The zero-order valence-corrected chi connectivity index (χ0v) is 10.2. The van der Waals surface area contributed by atoms with Gasteiger partial charge in [0.1, 0.15) is 16.2 Å². The number of thiazole rings is 1. The van der Waals surface area contributed by atoms with E-state index in [2.05, 4.69) is 15.2 Å². The normalized spacial score (nSPS) is 11.0. The molecule has 0 amide bonds. The minimum Gasteiger partial charge on any atom is -0.296 e. The number of hydrogen-bond donors (Lipinski definition) is 0. The lowest BCUT2D eigenvalue weighted by molar-refractivity contribution is 0.111. The molecule has 0 aromatic carbocycles. The van der Waals surface area contributed by atoms with Crippen LogP contribution in [0.25, 0.3) is 4.96 Å². The minimum absolute atomic E-state index is 0.566. The van der Waals surface area contributed by atoms with Gasteiger partial charge in [-0.1, -0.05) is 11.3 Å². The maximum atomic E-state index is 11.0. The molecule has 0 aliphatic carbocycles. The van der Waals surface area contributed by atoms with Crippen LogP contribution >= 0.6 is 34.4 Å². The van der Waals surface area contributed by atoms with Gasteiger partial charge in [0.25, 0.3) is 0 Å². The van der Waals surface area contributed by atoms with E-state index in [-0.39, 0.29) is 0 Å². The third-order valence-electron chi connectivity index (χ3n) is 1.90. The van der Waals surface area contributed by atoms with Gasteiger partial charge in [-0.25, -0.2) is 4.98 Å². The fourth-order valence-electron chi connectivity index (χ4n) is 1.26. The van der Waals surface area contributed by atoms with Crippen LogP contribution in [-0.2, 0) is 0 Å². The maximum absolute atomic E-state index is 11.0. The van der Waals surface area contributed by atoms with Gasteiger partial charge in [0, 0.05) is 11.6 Å². The van der Waals surface area contributed by atoms with E-state index in [0.29, 0.717) is 10.7 Å². The molecular weight excluding hydrogens is 264 g/mol. The second-order valence-corrected chi connectivity index (χ2v) is 5.72. The lowest BCUT2D eigenvalue weighted by Gasteiger charge is -1.92. The van der Waals surface area contributed by atoms with Crippen molar-refractivity contribution in [2.45, 2.75) is 9.37 Å². The number of hydrogen-bond acceptors (Lipinski definition) is 7. The quantitative estimate of drug-likeness (QED) is 0.682. The van der Waals surface area contributed by atoms with Crippen molar-refractivity contribution in [1.29, 1.82) is 0 Å². The zero-order chi connectivity index (χ0) is 11.0. The average Bonchev–Trinajstić information content (AvgIpc) is 2.93. The van der Waals surface area contributed by atoms with Crippen LogP contribution in [0.1, 0.15) is 10.5 Å². The molecule has 0 aliphatic heterocycles. The summed E-state index contributed by atoms with van der Waals surface area (Å²) in [5, 5.41) is 10.2. The predicted molar refractivity (Wildman–Crippen MR) is 62.5 cm³/mol. The van der Waals surface area contributed by atoms with E-state index in [9.17, 15) is 4.79 Å². The van der Waals surface area contributed by atoms with Gasteiger partial charge < -0.3 is 0 Å². The summed E-state index contributed by atoms with van der Waals surface area (Å²) in [7, 11) is 0. The van der Waals surface area contributed by atoms with Crippen LogP contribution in [-0.4, -0.2) is 25.9 Å². The number of nitrogens with zero attached hydrogens (tertiary/aromatic N) is 4. The highest BCUT2D eigenvalue weighted by molar-refractivity contribution is 8.01. The van der Waals surface area contributed by atoms with E-state index < -0.39 is 0 Å². The fourth-order valence-corrected chi connectivity index (χ4v) is 3.51. The summed E-state index contributed by atoms with van der Waals surface area (Å²) >= 11 is 4.29. The molecule has 0 saturated carbocycles. The van der Waals surface area contributed by atoms with Gasteiger partial charge in [0.2, 0.25) is 0 Å². The van der Waals surface area contributed by atoms with Crippen molar-refractivity contribution >= 4 is 45.7 Å². The third kappa shape index (κ3) is 1.55. The lowest BCUT2D eigenvalue weighted by atomic mass is 10.5. The SMILES string of the molecule is O=Cc1c(Sc2nncs2)nc2sccn12. The van der Waals surface area contributed by atoms with E-state index in [0.717, 1.165) is 15.6 Å². The molecule has 0 saturated heterocycles. The van der Waals surface area contributed by atoms with Crippen molar-refractivity contribution in [2.75, 3.05) is 0 Å². The molecule has 3 aromatic rings. The van der Waals surface area contributed by atoms with Crippen molar-refractivity contribution in [3.8, 4) is 0 Å². The Bertz CT molecular complexity index is 627. The van der Waals surface area contributed by atoms with Crippen LogP contribution < -0.4 is 0 Å². The molecule has 80 valence electrons. The Morgan fingerprint density at radius 1 is 1.44 bits per heavy atom. The summed E-state index contributed by atoms with van der Waals surface area (Å²) in [5.41, 5.74) is 2.22. The van der Waals surface area contributed by atoms with Gasteiger partial charge in [-0.3, -0.25) is 9.20 Å². The molecule has 0 atom stereocenters. The number of carbonyl (C=O) groups excluding carboxylic acids is 1. The van der Waals surface area contributed by atoms with Crippen LogP contribution in [0.3, 0.4) is 0 Å². The predicted octanol–water partition coefficient (Wildman–Crippen LogP) is 2.21. The number of fused-ring (bicyclic) bond motifs is 1. The fraction of sp³-hybridized carbons (Fsp3) is 0. The van der Waals surface area contributed by atoms with Crippen LogP contribution in [0.4, 0.5) is 0 Å². The molecule has 3 rings (SSSR count). The van der Waals surface area contributed by atoms with Crippen molar-refractivity contribution in [1.82, 2.24) is 19.6 Å². The van der Waals surface area contributed by atoms with E-state index in [1.165, 1.54) is 34.4 Å². The first-order valence-corrected chi connectivity index (χ1v) is 6.81. The topological polar surface area (TPSA) is 60.2 Å². The van der Waals surface area contributed by atoms with Gasteiger partial charge >= 0.3 is 0 Å². The molecule has 0 fully saturated rings. The van der Waals surface area contributed by atoms with Crippen molar-refractivity contribution in [2.24, 2.45) is 0 Å². The van der Waals surface area contributed by atoms with E-state index in [1.54, 1.807) is 9.91 Å². The molecule has 3 heterocycles. The highest BCUT2D eigenvalue weighted by atomic mass is 32.2. The Balaban J connectivity index is 2.08. The van der Waals surface area contributed by atoms with E-state index >= 15 is 0 Å². The molecule has 5 nitrogen and oxygen atoms in total. The highest BCUT2D eigenvalue weighted by Crippen LogP contribution is 2.31. The van der Waals surface area contributed by atoms with Gasteiger partial charge in [-0.15, -0.1) is 21.5 Å². The zero-order valence-electron chi connectivity index (χ0n) is 7.73. The van der Waals surface area contributed by atoms with Crippen LogP contribution in [0, 0.1) is 0 Å². The molecule has 0 N–H and O–H groups in total. The smallest absolute Gasteiger partial charge is 0.195 e. The summed E-state index contributed by atoms with van der Waals surface area (Å²) in [6.07, 6.45) is 2.65. The highest BCUT2D eigenvalue weighted by Gasteiger charge is 2.14. The molecule has 0 unspecified atom stereocenters. The Labute approximate surface area is 102 Å². The first-order valence-electron chi connectivity index (χ1n) is 4.23. The maximum Gasteiger partial charge on any atom is 0.195 e. The molecule has 8 heteroatoms. The Kier molecular flexibility index (Phi) is 2.46. The monoisotopic (exact) mass is 268 g/mol. The molecule has 0 bridgehead atoms. The van der Waals surface area contributed by atoms with Gasteiger partial charge in [0.05, 0.1) is 0 Å². The van der Waals surface area contributed by atoms with Gasteiger partial charge in [0.15, 0.2) is 15.6 Å². The minimum atomic E-state index is 0.566. The second-order valence-electron chi connectivity index (χ2n) is 2.78. The van der Waals surface area contributed by atoms with Crippen LogP contribution in [0.2, 0.25) is 0 Å². The number of carbonyl (C=O) groups is 1. The molecule has 3 aromatic heterocycles. The van der Waals surface area contributed by atoms with Crippen molar-refractivity contribution in [3.05, 3.63) is 22.8 Å². The number of imidazole rings is 1. The first kappa shape index (κ1) is 9.94. The van der Waals surface area contributed by atoms with Crippen molar-refractivity contribution < 1.29 is 4.79 Å². The Morgan fingerprint density at radius 2 is 2.38 bits per heavy atom. The van der Waals surface area contributed by atoms with E-state index in [1.807, 2.05) is 11.6 Å². The summed E-state index contributed by atoms with van der Waals surface area (Å²) in [6, 6.07) is 0. The first-order chi connectivity index (χ1) is 7.88. The summed E-state index contributed by atoms with van der Waals surface area (Å²) in [6.45, 7) is 0. The van der Waals surface area contributed by atoms with Crippen LogP contribution in [0.15, 0.2) is 26.5 Å². The van der Waals surface area contributed by atoms with E-state index in [4.69, 9.17) is 0 Å². The summed E-state index contributed by atoms with van der Waals surface area (Å²) in [4.78, 5) is 16.2. The number of rotatable bonds is 3. The third-order valence-corrected chi connectivity index (χ3v) is 4.43. The number of aromatic nitrogens is 4. The largest absolute Gasteiger partial charge is 0.296 e. The number of aldehydes is 1.